The molecule has 1 aliphatic rings. The van der Waals surface area contributed by atoms with Crippen LogP contribution in [0.15, 0.2) is 24.3 Å². The third kappa shape index (κ3) is 2.55. The van der Waals surface area contributed by atoms with Crippen LogP contribution in [-0.2, 0) is 0 Å². The summed E-state index contributed by atoms with van der Waals surface area (Å²) in [6, 6.07) is 5.92. The maximum Gasteiger partial charge on any atom is 0.269 e. The number of thiocarbonyl (C=S) groups is 1. The Morgan fingerprint density at radius 3 is 2.61 bits per heavy atom. The third-order valence-electron chi connectivity index (χ3n) is 2.45. The van der Waals surface area contributed by atoms with Gasteiger partial charge in [0.2, 0.25) is 0 Å². The zero-order chi connectivity index (χ0) is 13.3. The summed E-state index contributed by atoms with van der Waals surface area (Å²) in [5.41, 5.74) is 2.53. The molecule has 0 radical (unpaired) electrons. The molecular weight excluding hydrogens is 274 g/mol. The van der Waals surface area contributed by atoms with E-state index in [2.05, 4.69) is 5.43 Å². The number of hydrazine groups is 1. The fraction of sp³-hybridized carbons (Fsp3) is 0.300. The first-order chi connectivity index (χ1) is 8.40. The van der Waals surface area contributed by atoms with Crippen molar-refractivity contribution >= 4 is 39.7 Å². The Morgan fingerprint density at radius 2 is 2.17 bits per heavy atom. The van der Waals surface area contributed by atoms with Gasteiger partial charge in [-0.15, -0.1) is 0 Å². The zero-order valence-electron chi connectivity index (χ0n) is 9.49. The average molecular weight is 285 g/mol. The molecule has 96 valence electrons. The second kappa shape index (κ2) is 4.71. The fourth-order valence-corrected chi connectivity index (χ4v) is 2.79. The van der Waals surface area contributed by atoms with E-state index in [-0.39, 0.29) is 5.69 Å². The van der Waals surface area contributed by atoms with Gasteiger partial charge < -0.3 is 5.11 Å². The highest BCUT2D eigenvalue weighted by Gasteiger charge is 2.38. The highest BCUT2D eigenvalue weighted by Crippen LogP contribution is 2.31. The van der Waals surface area contributed by atoms with Crippen LogP contribution in [0.25, 0.3) is 0 Å². The number of non-ortho nitro benzene ring substituents is 1. The first-order valence-electron chi connectivity index (χ1n) is 5.11. The van der Waals surface area contributed by atoms with Gasteiger partial charge in [0, 0.05) is 17.9 Å². The Morgan fingerprint density at radius 1 is 1.56 bits per heavy atom. The number of benzene rings is 1. The lowest BCUT2D eigenvalue weighted by Gasteiger charge is -2.31. The van der Waals surface area contributed by atoms with Gasteiger partial charge in [0.05, 0.1) is 10.6 Å². The molecule has 1 saturated heterocycles. The van der Waals surface area contributed by atoms with Crippen molar-refractivity contribution in [3.63, 3.8) is 0 Å². The molecule has 0 aromatic heterocycles. The van der Waals surface area contributed by atoms with Gasteiger partial charge in [0.25, 0.3) is 5.69 Å². The molecule has 0 saturated carbocycles. The van der Waals surface area contributed by atoms with Crippen molar-refractivity contribution in [2.45, 2.75) is 12.6 Å². The molecule has 1 fully saturated rings. The minimum absolute atomic E-state index is 0.0192. The van der Waals surface area contributed by atoms with E-state index in [1.807, 2.05) is 0 Å². The first kappa shape index (κ1) is 13.1. The lowest BCUT2D eigenvalue weighted by Crippen LogP contribution is -2.47. The Kier molecular flexibility index (Phi) is 3.42. The monoisotopic (exact) mass is 285 g/mol. The molecule has 0 amide bonds. The van der Waals surface area contributed by atoms with Crippen molar-refractivity contribution in [3.8, 4) is 0 Å². The third-order valence-corrected chi connectivity index (χ3v) is 4.11. The van der Waals surface area contributed by atoms with Crippen LogP contribution in [0.1, 0.15) is 6.92 Å². The van der Waals surface area contributed by atoms with E-state index in [1.54, 1.807) is 19.1 Å². The number of hydrogen-bond donors (Lipinski definition) is 2. The lowest BCUT2D eigenvalue weighted by molar-refractivity contribution is -0.384. The average Bonchev–Trinajstić information content (AvgIpc) is 2.57. The predicted molar refractivity (Wildman–Crippen MR) is 74.2 cm³/mol. The summed E-state index contributed by atoms with van der Waals surface area (Å²) in [6.07, 6.45) is 0. The molecule has 0 bridgehead atoms. The Balaban J connectivity index is 2.14. The van der Waals surface area contributed by atoms with Gasteiger partial charge in [-0.2, -0.15) is 0 Å². The molecule has 1 atom stereocenters. The molecule has 8 heteroatoms. The standard InChI is InChI=1S/C10H11N3O3S2/c1-10(14)6-18-9(17)12(10)11-7-2-4-8(5-3-7)13(15)16/h2-5,11,14H,6H2,1H3. The minimum atomic E-state index is -1.07. The number of anilines is 1. The molecule has 1 aromatic rings. The molecular formula is C10H11N3O3S2. The number of aliphatic hydroxyl groups is 1. The molecule has 2 rings (SSSR count). The topological polar surface area (TPSA) is 78.6 Å². The molecule has 0 spiro atoms. The van der Waals surface area contributed by atoms with Gasteiger partial charge in [-0.05, 0) is 19.1 Å². The van der Waals surface area contributed by atoms with Crippen LogP contribution >= 0.6 is 24.0 Å². The van der Waals surface area contributed by atoms with E-state index < -0.39 is 10.6 Å². The van der Waals surface area contributed by atoms with Gasteiger partial charge in [-0.25, -0.2) is 5.01 Å². The van der Waals surface area contributed by atoms with Crippen LogP contribution in [0, 0.1) is 10.1 Å². The largest absolute Gasteiger partial charge is 0.369 e. The van der Waals surface area contributed by atoms with Crippen molar-refractivity contribution < 1.29 is 10.0 Å². The summed E-state index contributed by atoms with van der Waals surface area (Å²) >= 11 is 6.49. The summed E-state index contributed by atoms with van der Waals surface area (Å²) < 4.78 is 0.540. The van der Waals surface area contributed by atoms with Crippen LogP contribution in [0.2, 0.25) is 0 Å². The number of nitro groups is 1. The second-order valence-corrected chi connectivity index (χ2v) is 5.63. The second-order valence-electron chi connectivity index (χ2n) is 4.02. The van der Waals surface area contributed by atoms with Crippen LogP contribution in [0.5, 0.6) is 0 Å². The molecule has 0 aliphatic carbocycles. The molecule has 6 nitrogen and oxygen atoms in total. The van der Waals surface area contributed by atoms with Crippen molar-refractivity contribution in [1.29, 1.82) is 0 Å². The molecule has 2 N–H and O–H groups in total. The molecule has 1 aliphatic heterocycles. The van der Waals surface area contributed by atoms with Crippen LogP contribution in [0.3, 0.4) is 0 Å². The highest BCUT2D eigenvalue weighted by molar-refractivity contribution is 8.23. The summed E-state index contributed by atoms with van der Waals surface area (Å²) in [7, 11) is 0. The predicted octanol–water partition coefficient (Wildman–Crippen LogP) is 1.96. The summed E-state index contributed by atoms with van der Waals surface area (Å²) in [4.78, 5) is 10.1. The molecule has 1 heterocycles. The van der Waals surface area contributed by atoms with Crippen molar-refractivity contribution in [2.75, 3.05) is 11.2 Å². The summed E-state index contributed by atoms with van der Waals surface area (Å²) in [5.74, 6) is 0.478. The number of rotatable bonds is 3. The van der Waals surface area contributed by atoms with E-state index in [9.17, 15) is 15.2 Å². The molecule has 18 heavy (non-hydrogen) atoms. The Bertz CT molecular complexity index is 490. The van der Waals surface area contributed by atoms with E-state index >= 15 is 0 Å². The van der Waals surface area contributed by atoms with Crippen LogP contribution < -0.4 is 5.43 Å². The number of thioether (sulfide) groups is 1. The Labute approximate surface area is 113 Å². The smallest absolute Gasteiger partial charge is 0.269 e. The maximum absolute atomic E-state index is 10.5. The van der Waals surface area contributed by atoms with E-state index in [1.165, 1.54) is 28.9 Å². The van der Waals surface area contributed by atoms with Crippen molar-refractivity contribution in [3.05, 3.63) is 34.4 Å². The number of hydrogen-bond acceptors (Lipinski definition) is 6. The Hall–Kier alpha value is -1.38. The van der Waals surface area contributed by atoms with Gasteiger partial charge in [-0.3, -0.25) is 15.5 Å². The summed E-state index contributed by atoms with van der Waals surface area (Å²) in [5, 5.41) is 22.1. The highest BCUT2D eigenvalue weighted by atomic mass is 32.2. The van der Waals surface area contributed by atoms with Gasteiger partial charge in [-0.1, -0.05) is 24.0 Å². The van der Waals surface area contributed by atoms with Gasteiger partial charge in [0.15, 0.2) is 10.0 Å². The van der Waals surface area contributed by atoms with Gasteiger partial charge >= 0.3 is 0 Å². The van der Waals surface area contributed by atoms with Crippen LogP contribution in [-0.4, -0.2) is 30.8 Å². The SMILES string of the molecule is CC1(O)CSC(=S)N1Nc1ccc([N+](=O)[O-])cc1. The maximum atomic E-state index is 10.5. The number of nitrogens with one attached hydrogen (secondary N) is 1. The lowest BCUT2D eigenvalue weighted by atomic mass is 10.3. The summed E-state index contributed by atoms with van der Waals surface area (Å²) in [6.45, 7) is 1.65. The van der Waals surface area contributed by atoms with Crippen molar-refractivity contribution in [1.82, 2.24) is 5.01 Å². The van der Waals surface area contributed by atoms with Gasteiger partial charge in [0.1, 0.15) is 0 Å². The van der Waals surface area contributed by atoms with Crippen molar-refractivity contribution in [2.24, 2.45) is 0 Å². The first-order valence-corrected chi connectivity index (χ1v) is 6.50. The molecule has 1 unspecified atom stereocenters. The normalized spacial score (nSPS) is 23.2. The number of nitro benzene ring substituents is 1. The van der Waals surface area contributed by atoms with E-state index in [0.29, 0.717) is 15.8 Å². The van der Waals surface area contributed by atoms with Crippen LogP contribution in [0.4, 0.5) is 11.4 Å². The molecule has 1 aromatic carbocycles. The number of nitrogens with zero attached hydrogens (tertiary/aromatic N) is 2. The van der Waals surface area contributed by atoms with E-state index in [4.69, 9.17) is 12.2 Å². The quantitative estimate of drug-likeness (QED) is 0.499. The zero-order valence-corrected chi connectivity index (χ0v) is 11.1. The minimum Gasteiger partial charge on any atom is -0.369 e. The van der Waals surface area contributed by atoms with E-state index in [0.717, 1.165) is 0 Å². The fourth-order valence-electron chi connectivity index (χ4n) is 1.48.